The summed E-state index contributed by atoms with van der Waals surface area (Å²) < 4.78 is 2.56. The van der Waals surface area contributed by atoms with Crippen molar-refractivity contribution in [2.75, 3.05) is 0 Å². The highest BCUT2D eigenvalue weighted by Gasteiger charge is 2.06. The predicted octanol–water partition coefficient (Wildman–Crippen LogP) is 6.54. The Morgan fingerprint density at radius 3 is 1.90 bits per heavy atom. The Labute approximate surface area is 152 Å². The first-order chi connectivity index (χ1) is 10.1. The number of aryl methyl sites for hydroxylation is 1. The van der Waals surface area contributed by atoms with Gasteiger partial charge >= 0.3 is 0 Å². The molecule has 0 bridgehead atoms. The Morgan fingerprint density at radius 1 is 0.619 bits per heavy atom. The minimum Gasteiger partial charge on any atom is -0.0622 e. The van der Waals surface area contributed by atoms with Crippen molar-refractivity contribution in [3.63, 3.8) is 0 Å². The number of hydrogen-bond acceptors (Lipinski definition) is 0. The maximum atomic E-state index is 2.38. The topological polar surface area (TPSA) is 0 Å². The molecule has 0 amide bonds. The first kappa shape index (κ1) is 15.0. The van der Waals surface area contributed by atoms with Gasteiger partial charge in [-0.2, -0.15) is 0 Å². The van der Waals surface area contributed by atoms with E-state index in [1.54, 1.807) is 0 Å². The fraction of sp³-hybridized carbons (Fsp3) is 0.0526. The molecule has 0 saturated heterocycles. The van der Waals surface area contributed by atoms with Crippen molar-refractivity contribution < 1.29 is 0 Å². The van der Waals surface area contributed by atoms with Gasteiger partial charge in [0.15, 0.2) is 0 Å². The first-order valence-electron chi connectivity index (χ1n) is 6.76. The Balaban J connectivity index is 2.06. The lowest BCUT2D eigenvalue weighted by molar-refractivity contribution is 1.44. The van der Waals surface area contributed by atoms with E-state index in [0.29, 0.717) is 0 Å². The molecule has 0 atom stereocenters. The lowest BCUT2D eigenvalue weighted by atomic mass is 9.96. The van der Waals surface area contributed by atoms with Crippen molar-refractivity contribution >= 4 is 45.2 Å². The van der Waals surface area contributed by atoms with Crippen molar-refractivity contribution in [3.8, 4) is 22.3 Å². The quantitative estimate of drug-likeness (QED) is 0.354. The summed E-state index contributed by atoms with van der Waals surface area (Å²) in [6, 6.07) is 23.9. The molecule has 21 heavy (non-hydrogen) atoms. The van der Waals surface area contributed by atoms with Crippen LogP contribution in [0, 0.1) is 14.1 Å². The Kier molecular flexibility index (Phi) is 4.64. The molecule has 0 saturated carbocycles. The maximum Gasteiger partial charge on any atom is 0.0147 e. The highest BCUT2D eigenvalue weighted by Crippen LogP contribution is 2.30. The highest BCUT2D eigenvalue weighted by atomic mass is 127. The van der Waals surface area contributed by atoms with Gasteiger partial charge in [0.05, 0.1) is 0 Å². The van der Waals surface area contributed by atoms with Crippen molar-refractivity contribution in [2.24, 2.45) is 0 Å². The Bertz CT molecular complexity index is 757. The fourth-order valence-electron chi connectivity index (χ4n) is 2.51. The van der Waals surface area contributed by atoms with Crippen LogP contribution in [0.25, 0.3) is 22.3 Å². The monoisotopic (exact) mass is 496 g/mol. The van der Waals surface area contributed by atoms with E-state index in [-0.39, 0.29) is 0 Å². The summed E-state index contributed by atoms with van der Waals surface area (Å²) in [7, 11) is 0. The molecular formula is C19H14I2. The molecule has 3 rings (SSSR count). The van der Waals surface area contributed by atoms with Gasteiger partial charge in [0, 0.05) is 7.14 Å². The van der Waals surface area contributed by atoms with Crippen LogP contribution in [0.4, 0.5) is 0 Å². The van der Waals surface area contributed by atoms with Crippen LogP contribution in [0.5, 0.6) is 0 Å². The molecule has 104 valence electrons. The van der Waals surface area contributed by atoms with Crippen molar-refractivity contribution in [1.82, 2.24) is 0 Å². The van der Waals surface area contributed by atoms with Gasteiger partial charge in [-0.15, -0.1) is 0 Å². The van der Waals surface area contributed by atoms with Crippen LogP contribution in [-0.4, -0.2) is 0 Å². The van der Waals surface area contributed by atoms with Gasteiger partial charge in [-0.1, -0.05) is 48.5 Å². The van der Waals surface area contributed by atoms with E-state index in [0.717, 1.165) is 0 Å². The molecule has 3 aromatic carbocycles. The average molecular weight is 496 g/mol. The van der Waals surface area contributed by atoms with E-state index in [1.807, 2.05) is 0 Å². The summed E-state index contributed by atoms with van der Waals surface area (Å²) in [6.07, 6.45) is 0. The number of benzene rings is 3. The van der Waals surface area contributed by atoms with Crippen LogP contribution in [0.3, 0.4) is 0 Å². The third kappa shape index (κ3) is 3.48. The van der Waals surface area contributed by atoms with Gasteiger partial charge < -0.3 is 0 Å². The first-order valence-corrected chi connectivity index (χ1v) is 8.92. The summed E-state index contributed by atoms with van der Waals surface area (Å²) in [5.74, 6) is 0. The molecule has 0 aliphatic rings. The Hall–Kier alpha value is -0.880. The van der Waals surface area contributed by atoms with Gasteiger partial charge in [-0.05, 0) is 98.1 Å². The highest BCUT2D eigenvalue weighted by molar-refractivity contribution is 14.1. The van der Waals surface area contributed by atoms with Crippen molar-refractivity contribution in [3.05, 3.63) is 79.4 Å². The molecule has 0 spiro atoms. The van der Waals surface area contributed by atoms with E-state index in [1.165, 1.54) is 35.0 Å². The minimum atomic E-state index is 1.27. The summed E-state index contributed by atoms with van der Waals surface area (Å²) >= 11 is 4.76. The van der Waals surface area contributed by atoms with E-state index in [4.69, 9.17) is 0 Å². The second-order valence-electron chi connectivity index (χ2n) is 5.05. The summed E-state index contributed by atoms with van der Waals surface area (Å²) in [5, 5.41) is 0. The van der Waals surface area contributed by atoms with Crippen LogP contribution in [0.2, 0.25) is 0 Å². The third-order valence-corrected chi connectivity index (χ3v) is 4.75. The molecule has 2 heteroatoms. The SMILES string of the molecule is Cc1cc(-c2ccccc2)ccc1-c1cc(I)cc(I)c1. The molecule has 0 nitrogen and oxygen atoms in total. The molecule has 0 fully saturated rings. The number of hydrogen-bond donors (Lipinski definition) is 0. The molecular weight excluding hydrogens is 482 g/mol. The summed E-state index contributed by atoms with van der Waals surface area (Å²) in [4.78, 5) is 0. The fourth-order valence-corrected chi connectivity index (χ4v) is 4.44. The zero-order valence-electron chi connectivity index (χ0n) is 11.6. The average Bonchev–Trinajstić information content (AvgIpc) is 2.47. The smallest absolute Gasteiger partial charge is 0.0147 e. The van der Waals surface area contributed by atoms with Gasteiger partial charge in [0.25, 0.3) is 0 Å². The summed E-state index contributed by atoms with van der Waals surface area (Å²) in [6.45, 7) is 2.19. The lowest BCUT2D eigenvalue weighted by Gasteiger charge is -2.10. The summed E-state index contributed by atoms with van der Waals surface area (Å²) in [5.41, 5.74) is 6.46. The molecule has 0 heterocycles. The zero-order valence-corrected chi connectivity index (χ0v) is 15.9. The van der Waals surface area contributed by atoms with Crippen LogP contribution >= 0.6 is 45.2 Å². The van der Waals surface area contributed by atoms with Crippen LogP contribution in [-0.2, 0) is 0 Å². The predicted molar refractivity (Wildman–Crippen MR) is 107 cm³/mol. The lowest BCUT2D eigenvalue weighted by Crippen LogP contribution is -1.87. The standard InChI is InChI=1S/C19H14I2/c1-13-9-15(14-5-3-2-4-6-14)7-8-19(13)16-10-17(20)12-18(21)11-16/h2-12H,1H3. The van der Waals surface area contributed by atoms with E-state index in [9.17, 15) is 0 Å². The molecule has 0 radical (unpaired) electrons. The largest absolute Gasteiger partial charge is 0.0622 e. The minimum absolute atomic E-state index is 1.27. The van der Waals surface area contributed by atoms with E-state index in [2.05, 4.69) is 119 Å². The molecule has 3 aromatic rings. The number of halogens is 2. The molecule has 0 unspecified atom stereocenters. The third-order valence-electron chi connectivity index (χ3n) is 3.51. The zero-order chi connectivity index (χ0) is 14.8. The Morgan fingerprint density at radius 2 is 1.29 bits per heavy atom. The van der Waals surface area contributed by atoms with Gasteiger partial charge in [-0.25, -0.2) is 0 Å². The van der Waals surface area contributed by atoms with Crippen molar-refractivity contribution in [1.29, 1.82) is 0 Å². The second-order valence-corrected chi connectivity index (χ2v) is 7.55. The van der Waals surface area contributed by atoms with Gasteiger partial charge in [-0.3, -0.25) is 0 Å². The van der Waals surface area contributed by atoms with E-state index >= 15 is 0 Å². The molecule has 0 aliphatic carbocycles. The second kappa shape index (κ2) is 6.48. The van der Waals surface area contributed by atoms with Crippen molar-refractivity contribution in [2.45, 2.75) is 6.92 Å². The molecule has 0 aromatic heterocycles. The van der Waals surface area contributed by atoms with E-state index < -0.39 is 0 Å². The normalized spacial score (nSPS) is 10.6. The van der Waals surface area contributed by atoms with Crippen LogP contribution < -0.4 is 0 Å². The van der Waals surface area contributed by atoms with Gasteiger partial charge in [0.2, 0.25) is 0 Å². The number of rotatable bonds is 2. The molecule has 0 N–H and O–H groups in total. The molecule has 0 aliphatic heterocycles. The van der Waals surface area contributed by atoms with Crippen LogP contribution in [0.15, 0.2) is 66.7 Å². The van der Waals surface area contributed by atoms with Crippen LogP contribution in [0.1, 0.15) is 5.56 Å². The van der Waals surface area contributed by atoms with Gasteiger partial charge in [0.1, 0.15) is 0 Å². The maximum absolute atomic E-state index is 2.38.